The van der Waals surface area contributed by atoms with Gasteiger partial charge in [0.25, 0.3) is 0 Å². The molecule has 1 aromatic heterocycles. The number of hydrogen-bond donors (Lipinski definition) is 1. The number of piperidine rings is 1. The van der Waals surface area contributed by atoms with Crippen molar-refractivity contribution in [3.8, 4) is 17.0 Å². The molecule has 0 saturated carbocycles. The van der Waals surface area contributed by atoms with E-state index in [-0.39, 0.29) is 0 Å². The minimum Gasteiger partial charge on any atom is -0.488 e. The van der Waals surface area contributed by atoms with Gasteiger partial charge in [0.2, 0.25) is 0 Å². The van der Waals surface area contributed by atoms with Gasteiger partial charge in [0, 0.05) is 24.0 Å². The van der Waals surface area contributed by atoms with Crippen LogP contribution >= 0.6 is 11.3 Å². The molecule has 2 aromatic carbocycles. The molecule has 3 heterocycles. The molecule has 0 bridgehead atoms. The van der Waals surface area contributed by atoms with E-state index in [1.807, 2.05) is 0 Å². The number of ether oxygens (including phenoxy) is 1. The smallest absolute Gasteiger partial charge is 0.185 e. The third-order valence-corrected chi connectivity index (χ3v) is 8.11. The van der Waals surface area contributed by atoms with Gasteiger partial charge in [-0.2, -0.15) is 0 Å². The van der Waals surface area contributed by atoms with E-state index in [0.29, 0.717) is 6.61 Å². The summed E-state index contributed by atoms with van der Waals surface area (Å²) in [7, 11) is 0. The molecule has 0 radical (unpaired) electrons. The maximum atomic E-state index is 6.52. The summed E-state index contributed by atoms with van der Waals surface area (Å²) in [4.78, 5) is 7.49. The SMILES string of the molecule is Cc1cccc(-c2csc(N3CCC[C@H](C)C3)n2)c1OCc1ccc2c(c1C)CCNCC2. The van der Waals surface area contributed by atoms with Gasteiger partial charge in [-0.25, -0.2) is 4.98 Å². The average molecular weight is 462 g/mol. The normalized spacial score (nSPS) is 18.6. The van der Waals surface area contributed by atoms with E-state index in [2.05, 4.69) is 66.7 Å². The molecule has 5 rings (SSSR count). The van der Waals surface area contributed by atoms with E-state index in [9.17, 15) is 0 Å². The Morgan fingerprint density at radius 1 is 1.15 bits per heavy atom. The Morgan fingerprint density at radius 2 is 2.03 bits per heavy atom. The number of aromatic nitrogens is 1. The van der Waals surface area contributed by atoms with Gasteiger partial charge < -0.3 is 15.0 Å². The second-order valence-corrected chi connectivity index (χ2v) is 10.5. The number of para-hydroxylation sites is 1. The zero-order valence-corrected chi connectivity index (χ0v) is 20.9. The van der Waals surface area contributed by atoms with Gasteiger partial charge in [-0.15, -0.1) is 11.3 Å². The lowest BCUT2D eigenvalue weighted by molar-refractivity contribution is 0.304. The van der Waals surface area contributed by atoms with Crippen LogP contribution in [0.5, 0.6) is 5.75 Å². The highest BCUT2D eigenvalue weighted by atomic mass is 32.1. The topological polar surface area (TPSA) is 37.4 Å². The van der Waals surface area contributed by atoms with Crippen LogP contribution < -0.4 is 15.0 Å². The first kappa shape index (κ1) is 22.4. The highest BCUT2D eigenvalue weighted by Gasteiger charge is 2.21. The summed E-state index contributed by atoms with van der Waals surface area (Å²) < 4.78 is 6.52. The first-order chi connectivity index (χ1) is 16.1. The maximum absolute atomic E-state index is 6.52. The third-order valence-electron chi connectivity index (χ3n) is 7.21. The molecule has 0 spiro atoms. The van der Waals surface area contributed by atoms with Crippen molar-refractivity contribution >= 4 is 16.5 Å². The predicted molar refractivity (Wildman–Crippen MR) is 139 cm³/mol. The number of rotatable bonds is 5. The molecule has 5 heteroatoms. The number of nitrogens with one attached hydrogen (secondary N) is 1. The highest BCUT2D eigenvalue weighted by molar-refractivity contribution is 7.14. The van der Waals surface area contributed by atoms with Crippen LogP contribution in [0.3, 0.4) is 0 Å². The van der Waals surface area contributed by atoms with Crippen LogP contribution in [0.25, 0.3) is 11.3 Å². The molecule has 3 aromatic rings. The zero-order valence-electron chi connectivity index (χ0n) is 20.1. The standard InChI is InChI=1S/C28H35N3OS/c1-19-6-5-15-31(16-19)28-30-26(18-33-28)25-8-4-7-20(2)27(25)32-17-23-10-9-22-11-13-29-14-12-24(22)21(23)3/h4,7-10,18-19,29H,5-6,11-17H2,1-3H3/t19-/m0/s1. The van der Waals surface area contributed by atoms with E-state index in [4.69, 9.17) is 9.72 Å². The van der Waals surface area contributed by atoms with Crippen LogP contribution in [0.1, 0.15) is 47.6 Å². The Balaban J connectivity index is 1.38. The molecule has 1 atom stereocenters. The molecular weight excluding hydrogens is 426 g/mol. The van der Waals surface area contributed by atoms with Crippen LogP contribution in [0.4, 0.5) is 5.13 Å². The Morgan fingerprint density at radius 3 is 2.91 bits per heavy atom. The lowest BCUT2D eigenvalue weighted by atomic mass is 9.94. The number of fused-ring (bicyclic) bond motifs is 1. The second-order valence-electron chi connectivity index (χ2n) is 9.69. The van der Waals surface area contributed by atoms with Gasteiger partial charge in [-0.3, -0.25) is 0 Å². The van der Waals surface area contributed by atoms with Crippen LogP contribution in [0.2, 0.25) is 0 Å². The zero-order chi connectivity index (χ0) is 22.8. The average Bonchev–Trinajstić information content (AvgIpc) is 3.18. The number of anilines is 1. The van der Waals surface area contributed by atoms with Gasteiger partial charge in [0.15, 0.2) is 5.13 Å². The third kappa shape index (κ3) is 4.80. The van der Waals surface area contributed by atoms with Crippen molar-refractivity contribution < 1.29 is 4.74 Å². The predicted octanol–water partition coefficient (Wildman–Crippen LogP) is 5.93. The molecule has 4 nitrogen and oxygen atoms in total. The molecular formula is C28H35N3OS. The number of aryl methyl sites for hydroxylation is 1. The van der Waals surface area contributed by atoms with E-state index in [1.165, 1.54) is 35.1 Å². The maximum Gasteiger partial charge on any atom is 0.185 e. The van der Waals surface area contributed by atoms with Gasteiger partial charge in [-0.1, -0.05) is 31.2 Å². The van der Waals surface area contributed by atoms with Crippen LogP contribution in [-0.4, -0.2) is 31.2 Å². The molecule has 33 heavy (non-hydrogen) atoms. The monoisotopic (exact) mass is 461 g/mol. The fraction of sp³-hybridized carbons (Fsp3) is 0.464. The van der Waals surface area contributed by atoms with Crippen molar-refractivity contribution in [2.45, 2.75) is 53.1 Å². The van der Waals surface area contributed by atoms with E-state index < -0.39 is 0 Å². The first-order valence-electron chi connectivity index (χ1n) is 12.3. The lowest BCUT2D eigenvalue weighted by Gasteiger charge is -2.30. The molecule has 174 valence electrons. The Labute approximate surface area is 202 Å². The largest absolute Gasteiger partial charge is 0.488 e. The van der Waals surface area contributed by atoms with Crippen LogP contribution in [0, 0.1) is 19.8 Å². The van der Waals surface area contributed by atoms with Gasteiger partial charge in [-0.05, 0) is 92.4 Å². The summed E-state index contributed by atoms with van der Waals surface area (Å²) in [5.74, 6) is 1.70. The minimum atomic E-state index is 0.588. The molecule has 0 unspecified atom stereocenters. The summed E-state index contributed by atoms with van der Waals surface area (Å²) in [6.07, 6.45) is 4.79. The van der Waals surface area contributed by atoms with Gasteiger partial charge in [0.05, 0.1) is 5.69 Å². The van der Waals surface area contributed by atoms with Crippen molar-refractivity contribution in [3.63, 3.8) is 0 Å². The van der Waals surface area contributed by atoms with Gasteiger partial charge in [0.1, 0.15) is 12.4 Å². The Kier molecular flexibility index (Phi) is 6.70. The summed E-state index contributed by atoms with van der Waals surface area (Å²) in [5.41, 5.74) is 8.94. The quantitative estimate of drug-likeness (QED) is 0.511. The molecule has 1 N–H and O–H groups in total. The lowest BCUT2D eigenvalue weighted by Crippen LogP contribution is -2.34. The summed E-state index contributed by atoms with van der Waals surface area (Å²) in [6, 6.07) is 11.0. The van der Waals surface area contributed by atoms with E-state index in [1.54, 1.807) is 11.3 Å². The van der Waals surface area contributed by atoms with Crippen molar-refractivity contribution in [1.82, 2.24) is 10.3 Å². The Hall–Kier alpha value is -2.37. The second kappa shape index (κ2) is 9.86. The first-order valence-corrected chi connectivity index (χ1v) is 13.2. The van der Waals surface area contributed by atoms with Gasteiger partial charge >= 0.3 is 0 Å². The molecule has 1 saturated heterocycles. The van der Waals surface area contributed by atoms with Crippen LogP contribution in [-0.2, 0) is 19.4 Å². The number of hydrogen-bond acceptors (Lipinski definition) is 5. The molecule has 0 aliphatic carbocycles. The molecule has 1 fully saturated rings. The Bertz CT molecular complexity index is 1120. The molecule has 2 aliphatic rings. The summed E-state index contributed by atoms with van der Waals surface area (Å²) >= 11 is 1.76. The fourth-order valence-electron chi connectivity index (χ4n) is 5.25. The minimum absolute atomic E-state index is 0.588. The van der Waals surface area contributed by atoms with Crippen molar-refractivity contribution in [3.05, 3.63) is 63.5 Å². The highest BCUT2D eigenvalue weighted by Crippen LogP contribution is 2.37. The van der Waals surface area contributed by atoms with Crippen molar-refractivity contribution in [2.75, 3.05) is 31.1 Å². The number of thiazole rings is 1. The van der Waals surface area contributed by atoms with E-state index in [0.717, 1.165) is 72.6 Å². The molecule has 2 aliphatic heterocycles. The van der Waals surface area contributed by atoms with Crippen LogP contribution in [0.15, 0.2) is 35.7 Å². The van der Waals surface area contributed by atoms with E-state index >= 15 is 0 Å². The van der Waals surface area contributed by atoms with Crippen molar-refractivity contribution in [2.24, 2.45) is 5.92 Å². The number of nitrogens with zero attached hydrogens (tertiary/aromatic N) is 2. The summed E-state index contributed by atoms with van der Waals surface area (Å²) in [6.45, 7) is 11.7. The van der Waals surface area contributed by atoms with Crippen molar-refractivity contribution in [1.29, 1.82) is 0 Å². The number of benzene rings is 2. The fourth-order valence-corrected chi connectivity index (χ4v) is 6.12. The summed E-state index contributed by atoms with van der Waals surface area (Å²) in [5, 5.41) is 6.85. The molecule has 0 amide bonds.